The SMILES string of the molecule is O=C(CNC(=S)Nc1ccc(OC(F)F)cc1)c1ccccc1. The van der Waals surface area contributed by atoms with Gasteiger partial charge in [-0.15, -0.1) is 0 Å². The Kier molecular flexibility index (Phi) is 5.99. The molecule has 0 bridgehead atoms. The zero-order chi connectivity index (χ0) is 16.7. The van der Waals surface area contributed by atoms with E-state index in [1.165, 1.54) is 12.1 Å². The second-order valence-electron chi connectivity index (χ2n) is 4.50. The normalized spacial score (nSPS) is 10.2. The van der Waals surface area contributed by atoms with Gasteiger partial charge in [0.25, 0.3) is 0 Å². The minimum atomic E-state index is -2.86. The number of hydrogen-bond donors (Lipinski definition) is 2. The number of carbonyl (C=O) groups is 1. The Morgan fingerprint density at radius 3 is 2.35 bits per heavy atom. The Balaban J connectivity index is 1.81. The van der Waals surface area contributed by atoms with Crippen molar-refractivity contribution in [3.63, 3.8) is 0 Å². The highest BCUT2D eigenvalue weighted by Gasteiger charge is 2.07. The minimum absolute atomic E-state index is 0.0580. The molecule has 120 valence electrons. The number of thiocarbonyl (C=S) groups is 1. The Morgan fingerprint density at radius 1 is 1.09 bits per heavy atom. The predicted molar refractivity (Wildman–Crippen MR) is 88.1 cm³/mol. The molecule has 0 aromatic heterocycles. The average molecular weight is 336 g/mol. The molecule has 0 saturated carbocycles. The molecular formula is C16H14F2N2O2S. The molecule has 2 N–H and O–H groups in total. The van der Waals surface area contributed by atoms with E-state index in [0.29, 0.717) is 11.3 Å². The number of benzene rings is 2. The summed E-state index contributed by atoms with van der Waals surface area (Å²) in [6, 6.07) is 14.7. The van der Waals surface area contributed by atoms with Crippen LogP contribution < -0.4 is 15.4 Å². The molecule has 2 rings (SSSR count). The van der Waals surface area contributed by atoms with Gasteiger partial charge in [0.2, 0.25) is 0 Å². The minimum Gasteiger partial charge on any atom is -0.435 e. The van der Waals surface area contributed by atoms with Crippen molar-refractivity contribution >= 4 is 28.8 Å². The highest BCUT2D eigenvalue weighted by atomic mass is 32.1. The first-order chi connectivity index (χ1) is 11.0. The van der Waals surface area contributed by atoms with Crippen molar-refractivity contribution in [1.82, 2.24) is 5.32 Å². The molecule has 0 spiro atoms. The molecule has 23 heavy (non-hydrogen) atoms. The van der Waals surface area contributed by atoms with Gasteiger partial charge in [-0.25, -0.2) is 0 Å². The van der Waals surface area contributed by atoms with Gasteiger partial charge < -0.3 is 15.4 Å². The lowest BCUT2D eigenvalue weighted by Crippen LogP contribution is -2.33. The van der Waals surface area contributed by atoms with Gasteiger partial charge in [0.05, 0.1) is 6.54 Å². The molecule has 2 aromatic carbocycles. The summed E-state index contributed by atoms with van der Waals surface area (Å²) in [6.07, 6.45) is 0. The summed E-state index contributed by atoms with van der Waals surface area (Å²) in [5, 5.41) is 5.91. The van der Waals surface area contributed by atoms with Gasteiger partial charge in [-0.05, 0) is 36.5 Å². The van der Waals surface area contributed by atoms with Crippen molar-refractivity contribution in [1.29, 1.82) is 0 Å². The lowest BCUT2D eigenvalue weighted by molar-refractivity contribution is -0.0498. The van der Waals surface area contributed by atoms with Crippen LogP contribution in [0.5, 0.6) is 5.75 Å². The summed E-state index contributed by atoms with van der Waals surface area (Å²) in [4.78, 5) is 11.9. The summed E-state index contributed by atoms with van der Waals surface area (Å²) in [5.41, 5.74) is 1.19. The molecule has 2 aromatic rings. The zero-order valence-electron chi connectivity index (χ0n) is 12.0. The number of ether oxygens (including phenoxy) is 1. The van der Waals surface area contributed by atoms with E-state index in [4.69, 9.17) is 12.2 Å². The molecule has 0 atom stereocenters. The van der Waals surface area contributed by atoms with Gasteiger partial charge in [-0.1, -0.05) is 30.3 Å². The van der Waals surface area contributed by atoms with Gasteiger partial charge in [-0.3, -0.25) is 4.79 Å². The average Bonchev–Trinajstić information content (AvgIpc) is 2.55. The largest absolute Gasteiger partial charge is 0.435 e. The fourth-order valence-electron chi connectivity index (χ4n) is 1.78. The van der Waals surface area contributed by atoms with Crippen molar-refractivity contribution in [3.05, 3.63) is 60.2 Å². The van der Waals surface area contributed by atoms with Crippen LogP contribution in [0.1, 0.15) is 10.4 Å². The van der Waals surface area contributed by atoms with Gasteiger partial charge in [0.1, 0.15) is 5.75 Å². The van der Waals surface area contributed by atoms with Crippen molar-refractivity contribution in [3.8, 4) is 5.75 Å². The number of carbonyl (C=O) groups excluding carboxylic acids is 1. The van der Waals surface area contributed by atoms with Crippen LogP contribution in [0, 0.1) is 0 Å². The third-order valence-corrected chi connectivity index (χ3v) is 3.09. The van der Waals surface area contributed by atoms with Gasteiger partial charge in [-0.2, -0.15) is 8.78 Å². The lowest BCUT2D eigenvalue weighted by atomic mass is 10.1. The fourth-order valence-corrected chi connectivity index (χ4v) is 1.97. The number of halogens is 2. The van der Waals surface area contributed by atoms with E-state index in [9.17, 15) is 13.6 Å². The van der Waals surface area contributed by atoms with E-state index >= 15 is 0 Å². The van der Waals surface area contributed by atoms with Gasteiger partial charge >= 0.3 is 6.61 Å². The number of alkyl halides is 2. The summed E-state index contributed by atoms with van der Waals surface area (Å²) in [7, 11) is 0. The highest BCUT2D eigenvalue weighted by molar-refractivity contribution is 7.80. The first-order valence-corrected chi connectivity index (χ1v) is 7.13. The predicted octanol–water partition coefficient (Wildman–Crippen LogP) is 3.46. The first kappa shape index (κ1) is 16.8. The Labute approximate surface area is 137 Å². The first-order valence-electron chi connectivity index (χ1n) is 6.72. The number of anilines is 1. The van der Waals surface area contributed by atoms with Crippen LogP contribution in [0.4, 0.5) is 14.5 Å². The van der Waals surface area contributed by atoms with E-state index in [0.717, 1.165) is 0 Å². The molecule has 0 radical (unpaired) electrons. The second kappa shape index (κ2) is 8.19. The molecule has 0 aliphatic rings. The number of ketones is 1. The van der Waals surface area contributed by atoms with Crippen LogP contribution in [0.2, 0.25) is 0 Å². The highest BCUT2D eigenvalue weighted by Crippen LogP contribution is 2.17. The monoisotopic (exact) mass is 336 g/mol. The molecule has 0 saturated heterocycles. The molecule has 0 amide bonds. The number of rotatable bonds is 6. The van der Waals surface area contributed by atoms with Crippen LogP contribution in [0.25, 0.3) is 0 Å². The smallest absolute Gasteiger partial charge is 0.387 e. The quantitative estimate of drug-likeness (QED) is 0.625. The molecule has 0 unspecified atom stereocenters. The van der Waals surface area contributed by atoms with Crippen molar-refractivity contribution in [2.75, 3.05) is 11.9 Å². The van der Waals surface area contributed by atoms with Crippen LogP contribution in [0.3, 0.4) is 0 Å². The van der Waals surface area contributed by atoms with E-state index in [1.807, 2.05) is 6.07 Å². The molecule has 4 nitrogen and oxygen atoms in total. The zero-order valence-corrected chi connectivity index (χ0v) is 12.8. The van der Waals surface area contributed by atoms with Crippen LogP contribution in [-0.4, -0.2) is 24.1 Å². The van der Waals surface area contributed by atoms with E-state index in [-0.39, 0.29) is 23.2 Å². The molecule has 0 aliphatic carbocycles. The van der Waals surface area contributed by atoms with E-state index < -0.39 is 6.61 Å². The molecule has 7 heteroatoms. The van der Waals surface area contributed by atoms with Crippen LogP contribution >= 0.6 is 12.2 Å². The topological polar surface area (TPSA) is 50.4 Å². The summed E-state index contributed by atoms with van der Waals surface area (Å²) >= 11 is 5.08. The van der Waals surface area contributed by atoms with Crippen molar-refractivity contribution in [2.45, 2.75) is 6.61 Å². The Morgan fingerprint density at radius 2 is 1.74 bits per heavy atom. The van der Waals surface area contributed by atoms with Crippen molar-refractivity contribution < 1.29 is 18.3 Å². The molecule has 0 heterocycles. The molecule has 0 fully saturated rings. The summed E-state index contributed by atoms with van der Waals surface area (Å²) in [6.45, 7) is -2.80. The van der Waals surface area contributed by atoms with Gasteiger partial charge in [0.15, 0.2) is 10.9 Å². The summed E-state index contributed by atoms with van der Waals surface area (Å²) < 4.78 is 28.3. The molecular weight excluding hydrogens is 322 g/mol. The summed E-state index contributed by atoms with van der Waals surface area (Å²) in [5.74, 6) is -0.0286. The van der Waals surface area contributed by atoms with E-state index in [2.05, 4.69) is 15.4 Å². The number of nitrogens with one attached hydrogen (secondary N) is 2. The number of hydrogen-bond acceptors (Lipinski definition) is 3. The van der Waals surface area contributed by atoms with Crippen molar-refractivity contribution in [2.24, 2.45) is 0 Å². The Hall–Kier alpha value is -2.54. The maximum absolute atomic E-state index is 12.0. The third kappa shape index (κ3) is 5.63. The van der Waals surface area contributed by atoms with Crippen LogP contribution in [0.15, 0.2) is 54.6 Å². The maximum Gasteiger partial charge on any atom is 0.387 e. The standard InChI is InChI=1S/C16H14F2N2O2S/c17-15(18)22-13-8-6-12(7-9-13)20-16(23)19-10-14(21)11-4-2-1-3-5-11/h1-9,15H,10H2,(H2,19,20,23). The lowest BCUT2D eigenvalue weighted by Gasteiger charge is -2.11. The maximum atomic E-state index is 12.0. The van der Waals surface area contributed by atoms with Crippen LogP contribution in [-0.2, 0) is 0 Å². The Bertz CT molecular complexity index is 664. The van der Waals surface area contributed by atoms with E-state index in [1.54, 1.807) is 36.4 Å². The molecule has 0 aliphatic heterocycles. The number of Topliss-reactive ketones (excluding diaryl/α,β-unsaturated/α-hetero) is 1. The second-order valence-corrected chi connectivity index (χ2v) is 4.91. The fraction of sp³-hybridized carbons (Fsp3) is 0.125. The van der Waals surface area contributed by atoms with Gasteiger partial charge in [0, 0.05) is 11.3 Å². The third-order valence-electron chi connectivity index (χ3n) is 2.84.